The highest BCUT2D eigenvalue weighted by Gasteiger charge is 2.47. The molecule has 11 heteroatoms. The number of carbonyl (C=O) groups excluding carboxylic acids is 2. The average Bonchev–Trinajstić information content (AvgIpc) is 3.22. The largest absolute Gasteiger partial charge is 0.479 e. The van der Waals surface area contributed by atoms with Gasteiger partial charge >= 0.3 is 17.9 Å². The Balaban J connectivity index is 2.34. The summed E-state index contributed by atoms with van der Waals surface area (Å²) in [5.41, 5.74) is 0. The predicted octanol–water partition coefficient (Wildman–Crippen LogP) is 10.6. The van der Waals surface area contributed by atoms with Crippen molar-refractivity contribution in [3.8, 4) is 0 Å². The van der Waals surface area contributed by atoms with Crippen molar-refractivity contribution in [1.29, 1.82) is 0 Å². The summed E-state index contributed by atoms with van der Waals surface area (Å²) in [5.74, 6) is -2.45. The number of carboxylic acid groups (broad SMARTS) is 1. The maximum Gasteiger partial charge on any atom is 0.335 e. The molecule has 0 saturated carbocycles. The lowest BCUT2D eigenvalue weighted by Gasteiger charge is -2.38. The summed E-state index contributed by atoms with van der Waals surface area (Å²) in [5, 5.41) is 39.8. The van der Waals surface area contributed by atoms with Crippen LogP contribution in [0.15, 0.2) is 24.3 Å². The molecule has 1 aliphatic rings. The second kappa shape index (κ2) is 38.6. The van der Waals surface area contributed by atoms with Gasteiger partial charge in [0.25, 0.3) is 0 Å². The molecule has 6 atom stereocenters. The van der Waals surface area contributed by atoms with E-state index in [2.05, 4.69) is 38.2 Å². The Kier molecular flexibility index (Phi) is 35.8. The van der Waals surface area contributed by atoms with Gasteiger partial charge < -0.3 is 39.4 Å². The number of aliphatic hydroxyl groups excluding tert-OH is 3. The normalized spacial score (nSPS) is 20.1. The van der Waals surface area contributed by atoms with Gasteiger partial charge in [0.1, 0.15) is 24.9 Å². The fourth-order valence-electron chi connectivity index (χ4n) is 7.22. The molecule has 0 radical (unpaired) electrons. The molecule has 59 heavy (non-hydrogen) atoms. The van der Waals surface area contributed by atoms with Crippen molar-refractivity contribution in [1.82, 2.24) is 0 Å². The van der Waals surface area contributed by atoms with Crippen molar-refractivity contribution in [3.63, 3.8) is 0 Å². The second-order valence-electron chi connectivity index (χ2n) is 16.6. The number of ether oxygens (including phenoxy) is 4. The topological polar surface area (TPSA) is 169 Å². The summed E-state index contributed by atoms with van der Waals surface area (Å²) in [6.45, 7) is 3.81. The molecule has 4 N–H and O–H groups in total. The summed E-state index contributed by atoms with van der Waals surface area (Å²) < 4.78 is 21.8. The first kappa shape index (κ1) is 54.7. The monoisotopic (exact) mass is 839 g/mol. The molecule has 6 unspecified atom stereocenters. The molecule has 1 saturated heterocycles. The number of carboxylic acids is 1. The van der Waals surface area contributed by atoms with Gasteiger partial charge in [-0.3, -0.25) is 9.59 Å². The third-order valence-electron chi connectivity index (χ3n) is 11.0. The van der Waals surface area contributed by atoms with E-state index in [-0.39, 0.29) is 19.4 Å². The van der Waals surface area contributed by atoms with Crippen LogP contribution >= 0.6 is 0 Å². The predicted molar refractivity (Wildman–Crippen MR) is 234 cm³/mol. The van der Waals surface area contributed by atoms with Gasteiger partial charge in [-0.2, -0.15) is 0 Å². The van der Waals surface area contributed by atoms with Gasteiger partial charge in [-0.15, -0.1) is 0 Å². The second-order valence-corrected chi connectivity index (χ2v) is 16.6. The third kappa shape index (κ3) is 30.4. The van der Waals surface area contributed by atoms with E-state index in [4.69, 9.17) is 18.9 Å². The minimum absolute atomic E-state index is 0.174. The molecule has 0 aromatic heterocycles. The molecule has 0 amide bonds. The number of aliphatic carboxylic acids is 1. The van der Waals surface area contributed by atoms with Crippen LogP contribution in [-0.2, 0) is 33.3 Å². The van der Waals surface area contributed by atoms with Crippen LogP contribution in [0.25, 0.3) is 0 Å². The van der Waals surface area contributed by atoms with Crippen LogP contribution in [0.1, 0.15) is 213 Å². The van der Waals surface area contributed by atoms with Crippen molar-refractivity contribution >= 4 is 17.9 Å². The summed E-state index contributed by atoms with van der Waals surface area (Å²) >= 11 is 0. The first-order valence-electron chi connectivity index (χ1n) is 23.9. The quantitative estimate of drug-likeness (QED) is 0.0263. The highest BCUT2D eigenvalue weighted by Crippen LogP contribution is 2.23. The van der Waals surface area contributed by atoms with E-state index in [0.717, 1.165) is 64.2 Å². The lowest BCUT2D eigenvalue weighted by atomic mass is 9.99. The highest BCUT2D eigenvalue weighted by atomic mass is 16.7. The number of aliphatic hydroxyl groups is 3. The number of unbranched alkanes of at least 4 members (excludes halogenated alkanes) is 25. The summed E-state index contributed by atoms with van der Waals surface area (Å²) in [7, 11) is 0. The number of esters is 2. The molecular weight excluding hydrogens is 753 g/mol. The van der Waals surface area contributed by atoms with Gasteiger partial charge in [0.05, 0.1) is 6.61 Å². The van der Waals surface area contributed by atoms with Crippen molar-refractivity contribution in [2.75, 3.05) is 13.2 Å². The first-order valence-corrected chi connectivity index (χ1v) is 23.9. The first-order chi connectivity index (χ1) is 28.7. The van der Waals surface area contributed by atoms with Crippen molar-refractivity contribution in [2.45, 2.75) is 250 Å². The van der Waals surface area contributed by atoms with Gasteiger partial charge in [-0.25, -0.2) is 4.79 Å². The number of carbonyl (C=O) groups is 3. The number of hydrogen-bond acceptors (Lipinski definition) is 10. The Morgan fingerprint density at radius 1 is 0.508 bits per heavy atom. The summed E-state index contributed by atoms with van der Waals surface area (Å²) in [4.78, 5) is 36.9. The molecule has 344 valence electrons. The molecule has 0 aromatic carbocycles. The minimum atomic E-state index is -1.86. The van der Waals surface area contributed by atoms with Crippen LogP contribution in [-0.4, -0.2) is 88.4 Å². The zero-order valence-corrected chi connectivity index (χ0v) is 37.3. The standard InChI is InChI=1S/C48H86O11/c1-3-5-7-9-11-13-15-17-19-20-21-23-24-26-28-30-32-34-36-41(49)56-38-40(39-57-48-45(53)43(51)44(52)46(59-48)47(54)55)58-42(50)37-35-33-31-29-27-25-22-18-16-14-12-10-8-6-4-2/h18-20,22,40,43-46,48,51-53H,3-17,21,23-39H2,1-2H3,(H,54,55)/b20-19-,22-18-. The minimum Gasteiger partial charge on any atom is -0.479 e. The van der Waals surface area contributed by atoms with Crippen LogP contribution in [0.5, 0.6) is 0 Å². The van der Waals surface area contributed by atoms with Crippen LogP contribution < -0.4 is 0 Å². The van der Waals surface area contributed by atoms with Crippen LogP contribution in [0.4, 0.5) is 0 Å². The fraction of sp³-hybridized carbons (Fsp3) is 0.854. The van der Waals surface area contributed by atoms with E-state index in [1.807, 2.05) is 0 Å². The zero-order chi connectivity index (χ0) is 43.2. The molecule has 1 heterocycles. The van der Waals surface area contributed by atoms with Crippen molar-refractivity contribution in [2.24, 2.45) is 0 Å². The maximum absolute atomic E-state index is 12.8. The Labute approximate surface area is 358 Å². The number of allylic oxidation sites excluding steroid dienone is 4. The van der Waals surface area contributed by atoms with E-state index >= 15 is 0 Å². The summed E-state index contributed by atoms with van der Waals surface area (Å²) in [6, 6.07) is 0. The van der Waals surface area contributed by atoms with E-state index in [0.29, 0.717) is 12.8 Å². The molecule has 1 rings (SSSR count). The number of rotatable bonds is 40. The van der Waals surface area contributed by atoms with E-state index < -0.39 is 61.3 Å². The molecular formula is C48H86O11. The van der Waals surface area contributed by atoms with Gasteiger partial charge in [0.2, 0.25) is 0 Å². The maximum atomic E-state index is 12.8. The van der Waals surface area contributed by atoms with Gasteiger partial charge in [0, 0.05) is 12.8 Å². The van der Waals surface area contributed by atoms with E-state index in [1.54, 1.807) is 0 Å². The van der Waals surface area contributed by atoms with E-state index in [1.165, 1.54) is 109 Å². The smallest absolute Gasteiger partial charge is 0.335 e. The van der Waals surface area contributed by atoms with Crippen molar-refractivity contribution in [3.05, 3.63) is 24.3 Å². The van der Waals surface area contributed by atoms with E-state index in [9.17, 15) is 34.8 Å². The number of hydrogen-bond donors (Lipinski definition) is 4. The zero-order valence-electron chi connectivity index (χ0n) is 37.3. The highest BCUT2D eigenvalue weighted by molar-refractivity contribution is 5.73. The van der Waals surface area contributed by atoms with Crippen LogP contribution in [0.3, 0.4) is 0 Å². The Bertz CT molecular complexity index is 1080. The van der Waals surface area contributed by atoms with Gasteiger partial charge in [0.15, 0.2) is 18.5 Å². The summed E-state index contributed by atoms with van der Waals surface area (Å²) in [6.07, 6.45) is 33.7. The van der Waals surface area contributed by atoms with Crippen LogP contribution in [0, 0.1) is 0 Å². The lowest BCUT2D eigenvalue weighted by molar-refractivity contribution is -0.298. The Morgan fingerprint density at radius 2 is 0.898 bits per heavy atom. The third-order valence-corrected chi connectivity index (χ3v) is 11.0. The molecule has 0 aliphatic carbocycles. The Morgan fingerprint density at radius 3 is 1.32 bits per heavy atom. The van der Waals surface area contributed by atoms with Crippen LogP contribution in [0.2, 0.25) is 0 Å². The fourth-order valence-corrected chi connectivity index (χ4v) is 7.22. The molecule has 11 nitrogen and oxygen atoms in total. The van der Waals surface area contributed by atoms with Crippen molar-refractivity contribution < 1.29 is 53.8 Å². The molecule has 0 aromatic rings. The molecule has 1 aliphatic heterocycles. The molecule has 0 spiro atoms. The SMILES string of the molecule is CCCCCCCC/C=C\CCCCCCCC(=O)OC(COC(=O)CCCCCCCCC/C=C\CCCCCCCCC)COC1OC(C(=O)O)C(O)C(O)C1O. The average molecular weight is 839 g/mol. The molecule has 0 bridgehead atoms. The Hall–Kier alpha value is -2.31. The molecule has 1 fully saturated rings. The lowest BCUT2D eigenvalue weighted by Crippen LogP contribution is -2.60. The van der Waals surface area contributed by atoms with Gasteiger partial charge in [-0.05, 0) is 64.2 Å². The van der Waals surface area contributed by atoms with Gasteiger partial charge in [-0.1, -0.05) is 160 Å².